The molecule has 1 aromatic rings. The monoisotopic (exact) mass is 349 g/mol. The van der Waals surface area contributed by atoms with Gasteiger partial charge in [-0.05, 0) is 24.3 Å². The van der Waals surface area contributed by atoms with Crippen LogP contribution in [-0.4, -0.2) is 35.2 Å². The maximum atomic E-state index is 12.7. The quantitative estimate of drug-likeness (QED) is 0.644. The third-order valence-electron chi connectivity index (χ3n) is 4.49. The van der Waals surface area contributed by atoms with Crippen LogP contribution in [0.1, 0.15) is 0 Å². The fourth-order valence-corrected chi connectivity index (χ4v) is 3.79. The Morgan fingerprint density at radius 3 is 2.62 bits per heavy atom. The molecule has 0 aromatic heterocycles. The zero-order valence-corrected chi connectivity index (χ0v) is 12.5. The van der Waals surface area contributed by atoms with E-state index in [9.17, 15) is 14.7 Å². The molecule has 0 saturated carbocycles. The van der Waals surface area contributed by atoms with Crippen molar-refractivity contribution in [3.05, 3.63) is 40.9 Å². The normalized spacial score (nSPS) is 36.7. The zero-order chi connectivity index (χ0) is 14.8. The number of nitrogens with zero attached hydrogens (tertiary/aromatic N) is 1. The molecule has 6 heteroatoms. The fraction of sp³-hybridized carbons (Fsp3) is 0.333. The van der Waals surface area contributed by atoms with E-state index < -0.39 is 23.5 Å². The van der Waals surface area contributed by atoms with Crippen molar-refractivity contribution in [2.24, 2.45) is 11.8 Å². The predicted octanol–water partition coefficient (Wildman–Crippen LogP) is 1.25. The Morgan fingerprint density at radius 2 is 1.95 bits per heavy atom. The van der Waals surface area contributed by atoms with Gasteiger partial charge in [-0.3, -0.25) is 9.59 Å². The van der Waals surface area contributed by atoms with Gasteiger partial charge in [0.1, 0.15) is 5.60 Å². The summed E-state index contributed by atoms with van der Waals surface area (Å²) < 4.78 is 6.56. The Labute approximate surface area is 129 Å². The predicted molar refractivity (Wildman–Crippen MR) is 77.4 cm³/mol. The molecule has 4 rings (SSSR count). The first-order valence-electron chi connectivity index (χ1n) is 6.69. The van der Waals surface area contributed by atoms with Gasteiger partial charge in [0, 0.05) is 4.47 Å². The lowest BCUT2D eigenvalue weighted by Crippen LogP contribution is -2.43. The molecular weight excluding hydrogens is 338 g/mol. The largest absolute Gasteiger partial charge is 0.393 e. The Balaban J connectivity index is 1.77. The van der Waals surface area contributed by atoms with E-state index in [-0.39, 0.29) is 18.4 Å². The second-order valence-electron chi connectivity index (χ2n) is 5.55. The van der Waals surface area contributed by atoms with Gasteiger partial charge in [0.15, 0.2) is 0 Å². The second kappa shape index (κ2) is 4.25. The second-order valence-corrected chi connectivity index (χ2v) is 6.46. The lowest BCUT2D eigenvalue weighted by atomic mass is 9.77. The van der Waals surface area contributed by atoms with Crippen molar-refractivity contribution in [2.75, 3.05) is 11.5 Å². The van der Waals surface area contributed by atoms with Gasteiger partial charge in [-0.1, -0.05) is 28.1 Å². The SMILES string of the molecule is O=C1[C@@H]2[C@@H](C(=O)N1c1ccc(Br)cc1)[C@]1(CO)C=C[C@H]2O1. The van der Waals surface area contributed by atoms with Gasteiger partial charge in [0.25, 0.3) is 0 Å². The van der Waals surface area contributed by atoms with Gasteiger partial charge in [0.05, 0.1) is 30.2 Å². The van der Waals surface area contributed by atoms with Crippen molar-refractivity contribution in [1.29, 1.82) is 0 Å². The average molecular weight is 350 g/mol. The summed E-state index contributed by atoms with van der Waals surface area (Å²) in [5.41, 5.74) is -0.485. The maximum absolute atomic E-state index is 12.7. The number of hydrogen-bond donors (Lipinski definition) is 1. The molecule has 0 spiro atoms. The number of aliphatic hydroxyl groups excluding tert-OH is 1. The number of fused-ring (bicyclic) bond motifs is 5. The minimum atomic E-state index is -1.04. The molecule has 2 saturated heterocycles. The molecule has 1 aromatic carbocycles. The van der Waals surface area contributed by atoms with Gasteiger partial charge < -0.3 is 9.84 Å². The lowest BCUT2D eigenvalue weighted by molar-refractivity contribution is -0.128. The Bertz CT molecular complexity index is 671. The van der Waals surface area contributed by atoms with E-state index in [1.807, 2.05) is 0 Å². The summed E-state index contributed by atoms with van der Waals surface area (Å²) >= 11 is 3.33. The van der Waals surface area contributed by atoms with Gasteiger partial charge in [-0.15, -0.1) is 0 Å². The van der Waals surface area contributed by atoms with Crippen LogP contribution < -0.4 is 4.90 Å². The third kappa shape index (κ3) is 1.58. The van der Waals surface area contributed by atoms with Gasteiger partial charge in [0.2, 0.25) is 11.8 Å². The Kier molecular flexibility index (Phi) is 2.67. The lowest BCUT2D eigenvalue weighted by Gasteiger charge is -2.26. The highest BCUT2D eigenvalue weighted by Crippen LogP contribution is 2.52. The molecule has 3 aliphatic rings. The minimum absolute atomic E-state index is 0.253. The maximum Gasteiger partial charge on any atom is 0.241 e. The molecule has 5 nitrogen and oxygen atoms in total. The minimum Gasteiger partial charge on any atom is -0.393 e. The first-order chi connectivity index (χ1) is 10.1. The molecule has 2 fully saturated rings. The molecule has 0 radical (unpaired) electrons. The van der Waals surface area contributed by atoms with Crippen LogP contribution in [0.5, 0.6) is 0 Å². The molecule has 1 N–H and O–H groups in total. The number of carbonyl (C=O) groups excluding carboxylic acids is 2. The van der Waals surface area contributed by atoms with Crippen LogP contribution in [0.4, 0.5) is 5.69 Å². The van der Waals surface area contributed by atoms with Gasteiger partial charge >= 0.3 is 0 Å². The van der Waals surface area contributed by atoms with Crippen molar-refractivity contribution in [2.45, 2.75) is 11.7 Å². The molecular formula is C15H12BrNO4. The van der Waals surface area contributed by atoms with Crippen LogP contribution in [0.3, 0.4) is 0 Å². The van der Waals surface area contributed by atoms with Crippen LogP contribution in [0.25, 0.3) is 0 Å². The number of carbonyl (C=O) groups is 2. The Morgan fingerprint density at radius 1 is 1.24 bits per heavy atom. The van der Waals surface area contributed by atoms with E-state index in [0.717, 1.165) is 4.47 Å². The first-order valence-corrected chi connectivity index (χ1v) is 7.48. The van der Waals surface area contributed by atoms with Crippen LogP contribution in [0, 0.1) is 11.8 Å². The standard InChI is InChI=1S/C15H12BrNO4/c16-8-1-3-9(4-2-8)17-13(19)11-10-5-6-15(7-18,21-10)12(11)14(17)20/h1-6,10-12,18H,7H2/t10-,11+,12+,15-/m1/s1. The van der Waals surface area contributed by atoms with Crippen molar-refractivity contribution >= 4 is 33.4 Å². The van der Waals surface area contributed by atoms with Crippen molar-refractivity contribution in [1.82, 2.24) is 0 Å². The number of halogens is 1. The van der Waals surface area contributed by atoms with Gasteiger partial charge in [-0.2, -0.15) is 0 Å². The topological polar surface area (TPSA) is 66.8 Å². The van der Waals surface area contributed by atoms with E-state index in [1.54, 1.807) is 36.4 Å². The highest BCUT2D eigenvalue weighted by molar-refractivity contribution is 9.10. The highest BCUT2D eigenvalue weighted by Gasteiger charge is 2.67. The summed E-state index contributed by atoms with van der Waals surface area (Å²) in [5.74, 6) is -1.71. The van der Waals surface area contributed by atoms with Gasteiger partial charge in [-0.25, -0.2) is 4.90 Å². The molecule has 0 unspecified atom stereocenters. The summed E-state index contributed by atoms with van der Waals surface area (Å²) in [6.45, 7) is -0.297. The Hall–Kier alpha value is -1.50. The number of anilines is 1. The van der Waals surface area contributed by atoms with Crippen LogP contribution >= 0.6 is 15.9 Å². The fourth-order valence-electron chi connectivity index (χ4n) is 3.53. The molecule has 2 amide bonds. The zero-order valence-electron chi connectivity index (χ0n) is 10.9. The summed E-state index contributed by atoms with van der Waals surface area (Å²) in [6.07, 6.45) is 3.07. The van der Waals surface area contributed by atoms with E-state index >= 15 is 0 Å². The molecule has 0 aliphatic carbocycles. The molecule has 2 bridgehead atoms. The number of amides is 2. The highest BCUT2D eigenvalue weighted by atomic mass is 79.9. The van der Waals surface area contributed by atoms with Crippen LogP contribution in [0.2, 0.25) is 0 Å². The van der Waals surface area contributed by atoms with E-state index in [0.29, 0.717) is 5.69 Å². The number of hydrogen-bond acceptors (Lipinski definition) is 4. The van der Waals surface area contributed by atoms with Crippen molar-refractivity contribution in [3.63, 3.8) is 0 Å². The molecule has 3 heterocycles. The average Bonchev–Trinajstić information content (AvgIpc) is 3.12. The summed E-state index contributed by atoms with van der Waals surface area (Å²) in [4.78, 5) is 26.6. The number of imide groups is 1. The number of benzene rings is 1. The van der Waals surface area contributed by atoms with Crippen LogP contribution in [0.15, 0.2) is 40.9 Å². The summed E-state index contributed by atoms with van der Waals surface area (Å²) in [6, 6.07) is 7.02. The third-order valence-corrected chi connectivity index (χ3v) is 5.02. The number of rotatable bonds is 2. The molecule has 21 heavy (non-hydrogen) atoms. The molecule has 108 valence electrons. The van der Waals surface area contributed by atoms with Crippen LogP contribution in [-0.2, 0) is 14.3 Å². The molecule has 4 atom stereocenters. The van der Waals surface area contributed by atoms with E-state index in [1.165, 1.54) is 4.90 Å². The number of ether oxygens (including phenoxy) is 1. The van der Waals surface area contributed by atoms with E-state index in [2.05, 4.69) is 15.9 Å². The van der Waals surface area contributed by atoms with Crippen molar-refractivity contribution < 1.29 is 19.4 Å². The summed E-state index contributed by atoms with van der Waals surface area (Å²) in [5, 5.41) is 9.62. The van der Waals surface area contributed by atoms with E-state index in [4.69, 9.17) is 4.74 Å². The summed E-state index contributed by atoms with van der Waals surface area (Å²) in [7, 11) is 0. The van der Waals surface area contributed by atoms with Crippen molar-refractivity contribution in [3.8, 4) is 0 Å². The number of aliphatic hydroxyl groups is 1. The first kappa shape index (κ1) is 13.2. The smallest absolute Gasteiger partial charge is 0.241 e. The molecule has 3 aliphatic heterocycles.